The van der Waals surface area contributed by atoms with Gasteiger partial charge in [-0.15, -0.1) is 12.4 Å². The van der Waals surface area contributed by atoms with Gasteiger partial charge in [0, 0.05) is 36.8 Å². The van der Waals surface area contributed by atoms with Gasteiger partial charge in [-0.05, 0) is 51.0 Å². The molecule has 1 aromatic carbocycles. The predicted octanol–water partition coefficient (Wildman–Crippen LogP) is 4.60. The Bertz CT molecular complexity index is 545. The van der Waals surface area contributed by atoms with Gasteiger partial charge >= 0.3 is 6.11 Å². The highest BCUT2D eigenvalue weighted by atomic mass is 35.5. The molecule has 136 valence electrons. The lowest BCUT2D eigenvalue weighted by molar-refractivity contribution is -0.158. The van der Waals surface area contributed by atoms with Crippen LogP contribution < -0.4 is 15.0 Å². The van der Waals surface area contributed by atoms with E-state index in [2.05, 4.69) is 28.8 Å². The molecule has 3 rings (SSSR count). The highest BCUT2D eigenvalue weighted by Crippen LogP contribution is 2.34. The number of hydrogen-bond acceptors (Lipinski definition) is 3. The van der Waals surface area contributed by atoms with Crippen LogP contribution in [0.15, 0.2) is 24.3 Å². The van der Waals surface area contributed by atoms with Crippen LogP contribution in [-0.4, -0.2) is 30.3 Å². The fraction of sp³-hybridized carbons (Fsp3) is 0.667. The summed E-state index contributed by atoms with van der Waals surface area (Å²) in [7, 11) is 0. The molecule has 1 saturated carbocycles. The van der Waals surface area contributed by atoms with Crippen molar-refractivity contribution >= 4 is 18.1 Å². The van der Waals surface area contributed by atoms with Crippen LogP contribution in [0.1, 0.15) is 46.5 Å². The predicted molar refractivity (Wildman–Crippen MR) is 95.5 cm³/mol. The molecule has 0 aromatic heterocycles. The van der Waals surface area contributed by atoms with Gasteiger partial charge < -0.3 is 15.0 Å². The number of alkyl halides is 2. The summed E-state index contributed by atoms with van der Waals surface area (Å²) in [5.74, 6) is 0.204. The number of ether oxygens (including phenoxy) is 1. The monoisotopic (exact) mass is 360 g/mol. The van der Waals surface area contributed by atoms with Crippen molar-refractivity contribution in [2.45, 2.75) is 70.2 Å². The molecule has 0 amide bonds. The molecule has 0 spiro atoms. The van der Waals surface area contributed by atoms with Gasteiger partial charge in [0.2, 0.25) is 0 Å². The van der Waals surface area contributed by atoms with Gasteiger partial charge in [0.25, 0.3) is 0 Å². The van der Waals surface area contributed by atoms with Gasteiger partial charge in [0.05, 0.1) is 0 Å². The first-order valence-corrected chi connectivity index (χ1v) is 8.45. The second-order valence-electron chi connectivity index (χ2n) is 7.52. The molecular weight excluding hydrogens is 334 g/mol. The lowest BCUT2D eigenvalue weighted by Gasteiger charge is -2.52. The van der Waals surface area contributed by atoms with Crippen molar-refractivity contribution in [3.05, 3.63) is 24.3 Å². The number of hydrogen-bond donors (Lipinski definition) is 1. The summed E-state index contributed by atoms with van der Waals surface area (Å²) in [4.78, 5) is 2.44. The largest absolute Gasteiger partial charge is 0.433 e. The second kappa shape index (κ2) is 7.04. The number of fused-ring (bicyclic) bond motifs is 1. The van der Waals surface area contributed by atoms with Gasteiger partial charge in [-0.25, -0.2) is 0 Å². The quantitative estimate of drug-likeness (QED) is 0.852. The minimum atomic E-state index is -3.15. The van der Waals surface area contributed by atoms with E-state index in [0.29, 0.717) is 12.1 Å². The summed E-state index contributed by atoms with van der Waals surface area (Å²) >= 11 is 0. The molecule has 1 aromatic rings. The van der Waals surface area contributed by atoms with Crippen molar-refractivity contribution < 1.29 is 13.5 Å². The standard InChI is InChI=1S/C18H26F2N2O.ClH/c1-17(2)12-22(16-7-5-4-6-15(16)21-17)13-8-10-14(11-9-13)23-18(3,19)20;/h8-11,15-16,21H,4-7,12H2,1-3H3;1H/t15-,16-;/m0./s1. The fourth-order valence-electron chi connectivity index (χ4n) is 3.94. The summed E-state index contributed by atoms with van der Waals surface area (Å²) in [6.07, 6.45) is 1.76. The topological polar surface area (TPSA) is 24.5 Å². The maximum atomic E-state index is 12.9. The minimum Gasteiger partial charge on any atom is -0.433 e. The highest BCUT2D eigenvalue weighted by molar-refractivity contribution is 5.85. The third kappa shape index (κ3) is 4.51. The van der Waals surface area contributed by atoms with Gasteiger partial charge in [-0.2, -0.15) is 8.78 Å². The summed E-state index contributed by atoms with van der Waals surface area (Å²) in [5.41, 5.74) is 1.13. The van der Waals surface area contributed by atoms with Crippen LogP contribution in [0, 0.1) is 0 Å². The Labute approximate surface area is 149 Å². The number of benzene rings is 1. The maximum absolute atomic E-state index is 12.9. The Morgan fingerprint density at radius 1 is 1.17 bits per heavy atom. The molecule has 1 aliphatic carbocycles. The number of halogens is 3. The SMILES string of the molecule is CC1(C)CN(c2ccc(OC(C)(F)F)cc2)[C@H]2CCCC[C@@H]2N1.Cl. The zero-order chi connectivity index (χ0) is 16.7. The Morgan fingerprint density at radius 2 is 1.79 bits per heavy atom. The lowest BCUT2D eigenvalue weighted by Crippen LogP contribution is -2.67. The van der Waals surface area contributed by atoms with Gasteiger partial charge in [-0.1, -0.05) is 12.8 Å². The molecule has 24 heavy (non-hydrogen) atoms. The Morgan fingerprint density at radius 3 is 2.42 bits per heavy atom. The smallest absolute Gasteiger partial charge is 0.394 e. The molecule has 2 aliphatic rings. The van der Waals surface area contributed by atoms with Gasteiger partial charge in [0.15, 0.2) is 0 Å². The summed E-state index contributed by atoms with van der Waals surface area (Å²) in [6, 6.07) is 8.06. The van der Waals surface area contributed by atoms with E-state index in [-0.39, 0.29) is 23.7 Å². The number of nitrogens with zero attached hydrogens (tertiary/aromatic N) is 1. The molecule has 0 bridgehead atoms. The van der Waals surface area contributed by atoms with Crippen LogP contribution in [0.25, 0.3) is 0 Å². The zero-order valence-electron chi connectivity index (χ0n) is 14.5. The normalized spacial score (nSPS) is 26.3. The van der Waals surface area contributed by atoms with E-state index in [1.54, 1.807) is 12.1 Å². The lowest BCUT2D eigenvalue weighted by atomic mass is 9.83. The molecule has 0 radical (unpaired) electrons. The summed E-state index contributed by atoms with van der Waals surface area (Å²) in [6.45, 7) is 6.12. The number of piperazine rings is 1. The number of rotatable bonds is 3. The average Bonchev–Trinajstić information content (AvgIpc) is 2.44. The summed E-state index contributed by atoms with van der Waals surface area (Å²) < 4.78 is 30.5. The second-order valence-corrected chi connectivity index (χ2v) is 7.52. The van der Waals surface area contributed by atoms with Crippen LogP contribution in [0.2, 0.25) is 0 Å². The zero-order valence-corrected chi connectivity index (χ0v) is 15.3. The Kier molecular flexibility index (Phi) is 5.65. The molecule has 3 nitrogen and oxygen atoms in total. The van der Waals surface area contributed by atoms with Crippen LogP contribution in [0.3, 0.4) is 0 Å². The van der Waals surface area contributed by atoms with Crippen molar-refractivity contribution in [2.75, 3.05) is 11.4 Å². The van der Waals surface area contributed by atoms with Crippen molar-refractivity contribution in [1.82, 2.24) is 5.32 Å². The first-order valence-electron chi connectivity index (χ1n) is 8.45. The molecule has 1 heterocycles. The first kappa shape index (κ1) is 19.3. The molecular formula is C18H27ClF2N2O. The molecule has 2 fully saturated rings. The maximum Gasteiger partial charge on any atom is 0.394 e. The van der Waals surface area contributed by atoms with E-state index in [1.165, 1.54) is 25.7 Å². The van der Waals surface area contributed by atoms with E-state index in [1.807, 2.05) is 12.1 Å². The summed E-state index contributed by atoms with van der Waals surface area (Å²) in [5, 5.41) is 3.77. The van der Waals surface area contributed by atoms with Crippen LogP contribution in [0.5, 0.6) is 5.75 Å². The molecule has 0 unspecified atom stereocenters. The Balaban J connectivity index is 0.00000208. The van der Waals surface area contributed by atoms with E-state index >= 15 is 0 Å². The molecule has 2 atom stereocenters. The van der Waals surface area contributed by atoms with Crippen LogP contribution in [-0.2, 0) is 0 Å². The van der Waals surface area contributed by atoms with Crippen molar-refractivity contribution in [2.24, 2.45) is 0 Å². The van der Waals surface area contributed by atoms with E-state index < -0.39 is 6.11 Å². The highest BCUT2D eigenvalue weighted by Gasteiger charge is 2.40. The van der Waals surface area contributed by atoms with Crippen molar-refractivity contribution in [3.8, 4) is 5.75 Å². The van der Waals surface area contributed by atoms with Crippen molar-refractivity contribution in [3.63, 3.8) is 0 Å². The minimum absolute atomic E-state index is 0. The number of anilines is 1. The fourth-order valence-corrected chi connectivity index (χ4v) is 3.94. The number of nitrogens with one attached hydrogen (secondary N) is 1. The van der Waals surface area contributed by atoms with Gasteiger partial charge in [0.1, 0.15) is 5.75 Å². The van der Waals surface area contributed by atoms with Gasteiger partial charge in [-0.3, -0.25) is 0 Å². The van der Waals surface area contributed by atoms with Crippen LogP contribution >= 0.6 is 12.4 Å². The van der Waals surface area contributed by atoms with Crippen molar-refractivity contribution in [1.29, 1.82) is 0 Å². The average molecular weight is 361 g/mol. The Hall–Kier alpha value is -1.07. The molecule has 1 aliphatic heterocycles. The van der Waals surface area contributed by atoms with E-state index in [0.717, 1.165) is 19.2 Å². The van der Waals surface area contributed by atoms with Crippen LogP contribution in [0.4, 0.5) is 14.5 Å². The molecule has 6 heteroatoms. The third-order valence-corrected chi connectivity index (χ3v) is 4.74. The molecule has 1 N–H and O–H groups in total. The third-order valence-electron chi connectivity index (χ3n) is 4.74. The first-order chi connectivity index (χ1) is 10.7. The van der Waals surface area contributed by atoms with E-state index in [9.17, 15) is 8.78 Å². The molecule has 1 saturated heterocycles. The van der Waals surface area contributed by atoms with E-state index in [4.69, 9.17) is 0 Å².